The molecule has 0 aliphatic carbocycles. The molecule has 8 nitrogen and oxygen atoms in total. The van der Waals surface area contributed by atoms with Crippen LogP contribution >= 0.6 is 0 Å². The van der Waals surface area contributed by atoms with Gasteiger partial charge >= 0.3 is 5.97 Å². The highest BCUT2D eigenvalue weighted by atomic mass is 16.6. The Morgan fingerprint density at radius 1 is 1.27 bits per heavy atom. The summed E-state index contributed by atoms with van der Waals surface area (Å²) in [4.78, 5) is 36.2. The first-order valence-corrected chi connectivity index (χ1v) is 8.24. The summed E-state index contributed by atoms with van der Waals surface area (Å²) >= 11 is 0. The van der Waals surface area contributed by atoms with Crippen molar-refractivity contribution in [2.45, 2.75) is 12.8 Å². The third kappa shape index (κ3) is 3.96. The zero-order valence-corrected chi connectivity index (χ0v) is 14.4. The van der Waals surface area contributed by atoms with Crippen molar-refractivity contribution in [3.05, 3.63) is 23.8 Å². The molecule has 2 heterocycles. The Kier molecular flexibility index (Phi) is 5.40. The number of methoxy groups -OCH3 is 1. The van der Waals surface area contributed by atoms with E-state index in [1.807, 2.05) is 0 Å². The van der Waals surface area contributed by atoms with E-state index in [0.717, 1.165) is 4.90 Å². The molecule has 0 radical (unpaired) electrons. The van der Waals surface area contributed by atoms with Gasteiger partial charge in [-0.25, -0.2) is 4.79 Å². The first-order chi connectivity index (χ1) is 12.6. The van der Waals surface area contributed by atoms with Crippen molar-refractivity contribution in [2.24, 2.45) is 0 Å². The molecule has 0 aromatic heterocycles. The SMILES string of the molecule is COc1cc(/C=C/C(=O)OCC(=O)N2CCCC2=O)cc2c1OCCO2. The average molecular weight is 361 g/mol. The highest BCUT2D eigenvalue weighted by Crippen LogP contribution is 2.40. The van der Waals surface area contributed by atoms with Crippen molar-refractivity contribution < 1.29 is 33.3 Å². The number of hydrogen-bond acceptors (Lipinski definition) is 7. The van der Waals surface area contributed by atoms with Gasteiger partial charge in [0.25, 0.3) is 5.91 Å². The van der Waals surface area contributed by atoms with Gasteiger partial charge in [-0.2, -0.15) is 0 Å². The molecular weight excluding hydrogens is 342 g/mol. The number of fused-ring (bicyclic) bond motifs is 1. The van der Waals surface area contributed by atoms with Crippen LogP contribution in [-0.4, -0.2) is 56.2 Å². The molecule has 2 aliphatic heterocycles. The van der Waals surface area contributed by atoms with Gasteiger partial charge < -0.3 is 18.9 Å². The minimum absolute atomic E-state index is 0.232. The lowest BCUT2D eigenvalue weighted by atomic mass is 10.1. The van der Waals surface area contributed by atoms with Crippen LogP contribution in [0.25, 0.3) is 6.08 Å². The minimum Gasteiger partial charge on any atom is -0.493 e. The van der Waals surface area contributed by atoms with Crippen molar-refractivity contribution >= 4 is 23.9 Å². The Labute approximate surface area is 150 Å². The standard InChI is InChI=1S/C18H19NO7/c1-23-13-9-12(10-14-18(13)25-8-7-24-14)4-5-17(22)26-11-16(21)19-6-2-3-15(19)20/h4-5,9-10H,2-3,6-8,11H2,1H3/b5-4+. The second-order valence-electron chi connectivity index (χ2n) is 5.73. The van der Waals surface area contributed by atoms with Gasteiger partial charge in [0, 0.05) is 19.0 Å². The van der Waals surface area contributed by atoms with Gasteiger partial charge in [0.05, 0.1) is 7.11 Å². The van der Waals surface area contributed by atoms with Crippen LogP contribution in [0.1, 0.15) is 18.4 Å². The number of carbonyl (C=O) groups is 3. The number of rotatable bonds is 5. The van der Waals surface area contributed by atoms with Crippen LogP contribution < -0.4 is 14.2 Å². The van der Waals surface area contributed by atoms with Crippen LogP contribution in [0.2, 0.25) is 0 Å². The highest BCUT2D eigenvalue weighted by molar-refractivity contribution is 5.98. The Morgan fingerprint density at radius 3 is 2.81 bits per heavy atom. The summed E-state index contributed by atoms with van der Waals surface area (Å²) < 4.78 is 21.2. The molecule has 138 valence electrons. The number of carbonyl (C=O) groups excluding carboxylic acids is 3. The molecule has 8 heteroatoms. The van der Waals surface area contributed by atoms with Gasteiger partial charge in [0.15, 0.2) is 18.1 Å². The summed E-state index contributed by atoms with van der Waals surface area (Å²) in [6.45, 7) is 0.794. The summed E-state index contributed by atoms with van der Waals surface area (Å²) in [5.41, 5.74) is 0.657. The zero-order chi connectivity index (χ0) is 18.5. The molecule has 0 atom stereocenters. The van der Waals surface area contributed by atoms with E-state index < -0.39 is 18.5 Å². The summed E-state index contributed by atoms with van der Waals surface area (Å²) in [5.74, 6) is 0.141. The van der Waals surface area contributed by atoms with Gasteiger partial charge in [-0.1, -0.05) is 0 Å². The summed E-state index contributed by atoms with van der Waals surface area (Å²) in [7, 11) is 1.51. The molecule has 0 N–H and O–H groups in total. The van der Waals surface area contributed by atoms with Gasteiger partial charge in [0.2, 0.25) is 11.7 Å². The fourth-order valence-corrected chi connectivity index (χ4v) is 2.72. The number of esters is 1. The van der Waals surface area contributed by atoms with E-state index in [4.69, 9.17) is 18.9 Å². The molecule has 0 saturated carbocycles. The van der Waals surface area contributed by atoms with Crippen LogP contribution in [-0.2, 0) is 19.1 Å². The van der Waals surface area contributed by atoms with Crippen LogP contribution in [0, 0.1) is 0 Å². The maximum Gasteiger partial charge on any atom is 0.331 e. The Morgan fingerprint density at radius 2 is 2.08 bits per heavy atom. The van der Waals surface area contributed by atoms with Crippen molar-refractivity contribution in [2.75, 3.05) is 33.5 Å². The van der Waals surface area contributed by atoms with Crippen LogP contribution in [0.4, 0.5) is 0 Å². The highest BCUT2D eigenvalue weighted by Gasteiger charge is 2.26. The topological polar surface area (TPSA) is 91.4 Å². The third-order valence-corrected chi connectivity index (χ3v) is 3.97. The van der Waals surface area contributed by atoms with E-state index in [0.29, 0.717) is 55.4 Å². The predicted molar refractivity (Wildman–Crippen MR) is 89.9 cm³/mol. The van der Waals surface area contributed by atoms with Crippen molar-refractivity contribution in [1.82, 2.24) is 4.90 Å². The largest absolute Gasteiger partial charge is 0.493 e. The summed E-state index contributed by atoms with van der Waals surface area (Å²) in [6, 6.07) is 3.42. The molecule has 1 saturated heterocycles. The smallest absolute Gasteiger partial charge is 0.331 e. The normalized spacial score (nSPS) is 16.0. The molecule has 0 spiro atoms. The molecule has 1 aromatic rings. The monoisotopic (exact) mass is 361 g/mol. The van der Waals surface area contributed by atoms with E-state index >= 15 is 0 Å². The number of nitrogens with zero attached hydrogens (tertiary/aromatic N) is 1. The Balaban J connectivity index is 1.59. The van der Waals surface area contributed by atoms with E-state index in [2.05, 4.69) is 0 Å². The number of amides is 2. The second kappa shape index (κ2) is 7.90. The fourth-order valence-electron chi connectivity index (χ4n) is 2.72. The number of likely N-dealkylation sites (tertiary alicyclic amines) is 1. The lowest BCUT2D eigenvalue weighted by molar-refractivity contribution is -0.151. The second-order valence-corrected chi connectivity index (χ2v) is 5.73. The molecule has 3 rings (SSSR count). The number of benzene rings is 1. The minimum atomic E-state index is -0.682. The van der Waals surface area contributed by atoms with E-state index in [1.54, 1.807) is 12.1 Å². The van der Waals surface area contributed by atoms with Gasteiger partial charge in [-0.05, 0) is 30.2 Å². The fraction of sp³-hybridized carbons (Fsp3) is 0.389. The van der Waals surface area contributed by atoms with E-state index in [9.17, 15) is 14.4 Å². The maximum absolute atomic E-state index is 11.8. The van der Waals surface area contributed by atoms with Gasteiger partial charge in [-0.3, -0.25) is 14.5 Å². The molecule has 0 bridgehead atoms. The van der Waals surface area contributed by atoms with Crippen LogP contribution in [0.3, 0.4) is 0 Å². The van der Waals surface area contributed by atoms with Crippen molar-refractivity contribution in [3.8, 4) is 17.2 Å². The van der Waals surface area contributed by atoms with E-state index in [-0.39, 0.29) is 5.91 Å². The molecule has 1 aromatic carbocycles. The Bertz CT molecular complexity index is 739. The molecule has 0 unspecified atom stereocenters. The van der Waals surface area contributed by atoms with Gasteiger partial charge in [0.1, 0.15) is 13.2 Å². The first kappa shape index (κ1) is 17.8. The zero-order valence-electron chi connectivity index (χ0n) is 14.4. The molecule has 1 fully saturated rings. The maximum atomic E-state index is 11.8. The van der Waals surface area contributed by atoms with Crippen LogP contribution in [0.5, 0.6) is 17.2 Å². The molecule has 26 heavy (non-hydrogen) atoms. The van der Waals surface area contributed by atoms with Gasteiger partial charge in [-0.15, -0.1) is 0 Å². The number of hydrogen-bond donors (Lipinski definition) is 0. The summed E-state index contributed by atoms with van der Waals surface area (Å²) in [6.07, 6.45) is 3.72. The lowest BCUT2D eigenvalue weighted by Gasteiger charge is -2.20. The lowest BCUT2D eigenvalue weighted by Crippen LogP contribution is -2.35. The quantitative estimate of drug-likeness (QED) is 0.574. The average Bonchev–Trinajstić information content (AvgIpc) is 3.09. The molecule has 2 aliphatic rings. The Hall–Kier alpha value is -3.03. The van der Waals surface area contributed by atoms with E-state index in [1.165, 1.54) is 19.3 Å². The summed E-state index contributed by atoms with van der Waals surface area (Å²) in [5, 5.41) is 0. The van der Waals surface area contributed by atoms with Crippen LogP contribution in [0.15, 0.2) is 18.2 Å². The number of ether oxygens (including phenoxy) is 4. The first-order valence-electron chi connectivity index (χ1n) is 8.24. The van der Waals surface area contributed by atoms with Crippen molar-refractivity contribution in [1.29, 1.82) is 0 Å². The van der Waals surface area contributed by atoms with Crippen molar-refractivity contribution in [3.63, 3.8) is 0 Å². The number of imide groups is 1. The molecule has 2 amide bonds. The predicted octanol–water partition coefficient (Wildman–Crippen LogP) is 1.17. The molecular formula is C18H19NO7. The third-order valence-electron chi connectivity index (χ3n) is 3.97.